The van der Waals surface area contributed by atoms with E-state index in [0.717, 1.165) is 12.0 Å². The predicted octanol–water partition coefficient (Wildman–Crippen LogP) is 4.92. The monoisotopic (exact) mass is 491 g/mol. The first-order valence-electron chi connectivity index (χ1n) is 12.8. The molecule has 7 nitrogen and oxygen atoms in total. The molecule has 1 unspecified atom stereocenters. The van der Waals surface area contributed by atoms with E-state index in [0.29, 0.717) is 19.1 Å². The zero-order chi connectivity index (χ0) is 26.4. The van der Waals surface area contributed by atoms with Crippen molar-refractivity contribution in [3.05, 3.63) is 35.9 Å². The Bertz CT molecular complexity index is 758. The fourth-order valence-electron chi connectivity index (χ4n) is 3.99. The van der Waals surface area contributed by atoms with E-state index >= 15 is 0 Å². The van der Waals surface area contributed by atoms with E-state index in [9.17, 15) is 14.4 Å². The molecule has 0 aliphatic rings. The predicted molar refractivity (Wildman–Crippen MR) is 136 cm³/mol. The van der Waals surface area contributed by atoms with Crippen LogP contribution in [0.15, 0.2) is 30.3 Å². The summed E-state index contributed by atoms with van der Waals surface area (Å²) in [6, 6.07) is 8.72. The van der Waals surface area contributed by atoms with E-state index in [1.54, 1.807) is 6.92 Å². The first-order chi connectivity index (χ1) is 16.6. The molecule has 0 aromatic heterocycles. The summed E-state index contributed by atoms with van der Waals surface area (Å²) in [6.07, 6.45) is 0.528. The fraction of sp³-hybridized carbons (Fsp3) is 0.679. The smallest absolute Gasteiger partial charge is 0.306 e. The van der Waals surface area contributed by atoms with Crippen LogP contribution < -0.4 is 5.32 Å². The van der Waals surface area contributed by atoms with E-state index in [2.05, 4.69) is 19.2 Å². The normalized spacial score (nSPS) is 14.1. The van der Waals surface area contributed by atoms with Crippen LogP contribution in [0, 0.1) is 23.7 Å². The molecule has 0 bridgehead atoms. The van der Waals surface area contributed by atoms with Crippen molar-refractivity contribution in [2.45, 2.75) is 86.7 Å². The molecule has 0 saturated carbocycles. The van der Waals surface area contributed by atoms with Gasteiger partial charge in [0.05, 0.1) is 18.4 Å². The molecule has 1 N–H and O–H groups in total. The number of benzene rings is 1. The Morgan fingerprint density at radius 3 is 2.00 bits per heavy atom. The maximum absolute atomic E-state index is 13.0. The van der Waals surface area contributed by atoms with Gasteiger partial charge in [-0.25, -0.2) is 0 Å². The van der Waals surface area contributed by atoms with Crippen LogP contribution in [0.2, 0.25) is 0 Å². The van der Waals surface area contributed by atoms with Crippen LogP contribution >= 0.6 is 0 Å². The van der Waals surface area contributed by atoms with Gasteiger partial charge in [-0.1, -0.05) is 58.0 Å². The van der Waals surface area contributed by atoms with Gasteiger partial charge in [-0.3, -0.25) is 14.4 Å². The molecule has 0 radical (unpaired) electrons. The number of ether oxygens (including phenoxy) is 3. The zero-order valence-corrected chi connectivity index (χ0v) is 22.5. The third-order valence-electron chi connectivity index (χ3n) is 5.90. The van der Waals surface area contributed by atoms with E-state index < -0.39 is 24.2 Å². The van der Waals surface area contributed by atoms with Crippen molar-refractivity contribution in [2.24, 2.45) is 23.7 Å². The molecule has 7 heteroatoms. The minimum atomic E-state index is -0.678. The number of carbonyl (C=O) groups is 3. The Kier molecular flexibility index (Phi) is 14.4. The van der Waals surface area contributed by atoms with Crippen molar-refractivity contribution < 1.29 is 28.6 Å². The van der Waals surface area contributed by atoms with Crippen molar-refractivity contribution in [3.63, 3.8) is 0 Å². The number of amides is 1. The molecule has 0 heterocycles. The Morgan fingerprint density at radius 1 is 0.886 bits per heavy atom. The molecule has 0 fully saturated rings. The molecule has 1 aromatic rings. The summed E-state index contributed by atoms with van der Waals surface area (Å²) in [7, 11) is 0. The van der Waals surface area contributed by atoms with Gasteiger partial charge in [0.25, 0.3) is 0 Å². The fourth-order valence-corrected chi connectivity index (χ4v) is 3.99. The molecule has 1 aromatic carbocycles. The van der Waals surface area contributed by atoms with Crippen LogP contribution in [0.5, 0.6) is 0 Å². The van der Waals surface area contributed by atoms with Crippen molar-refractivity contribution in [1.29, 1.82) is 0 Å². The van der Waals surface area contributed by atoms with Crippen molar-refractivity contribution in [2.75, 3.05) is 13.2 Å². The number of hydrogen-bond donors (Lipinski definition) is 1. The average molecular weight is 492 g/mol. The standard InChI is InChI=1S/C28H45NO6/c1-8-33-28(34-9-2)23(15-19(3)4)16-25(30)21(7)29-27(32)24(20(5)6)17-26(31)35-18-22-13-11-10-12-14-22/h10-14,19-21,23-24,28H,8-9,15-18H2,1-7H3,(H,29,32)/t21-,23?,24-/m0/s1. The number of ketones is 1. The maximum atomic E-state index is 13.0. The van der Waals surface area contributed by atoms with Crippen LogP contribution in [-0.4, -0.2) is 43.2 Å². The summed E-state index contributed by atoms with van der Waals surface area (Å²) in [5.41, 5.74) is 0.888. The first-order valence-corrected chi connectivity index (χ1v) is 12.8. The van der Waals surface area contributed by atoms with Crippen molar-refractivity contribution in [1.82, 2.24) is 5.32 Å². The Balaban J connectivity index is 2.73. The molecule has 0 aliphatic heterocycles. The molecular weight excluding hydrogens is 446 g/mol. The van der Waals surface area contributed by atoms with Crippen LogP contribution in [0.4, 0.5) is 0 Å². The highest BCUT2D eigenvalue weighted by Gasteiger charge is 2.31. The lowest BCUT2D eigenvalue weighted by atomic mass is 9.89. The van der Waals surface area contributed by atoms with Crippen LogP contribution in [0.1, 0.15) is 73.3 Å². The molecular formula is C28H45NO6. The summed E-state index contributed by atoms with van der Waals surface area (Å²) in [5, 5.41) is 2.82. The third kappa shape index (κ3) is 11.8. The number of esters is 1. The molecule has 0 saturated heterocycles. The lowest BCUT2D eigenvalue weighted by Gasteiger charge is -2.29. The number of Topliss-reactive ketones (excluding diaryl/α,β-unsaturated/α-hetero) is 1. The van der Waals surface area contributed by atoms with Crippen molar-refractivity contribution in [3.8, 4) is 0 Å². The molecule has 1 amide bonds. The van der Waals surface area contributed by atoms with Gasteiger partial charge in [0.15, 0.2) is 12.1 Å². The highest BCUT2D eigenvalue weighted by Crippen LogP contribution is 2.24. The Morgan fingerprint density at radius 2 is 1.49 bits per heavy atom. The second kappa shape index (κ2) is 16.4. The van der Waals surface area contributed by atoms with Gasteiger partial charge in [-0.05, 0) is 44.6 Å². The summed E-state index contributed by atoms with van der Waals surface area (Å²) < 4.78 is 16.9. The van der Waals surface area contributed by atoms with E-state index in [1.165, 1.54) is 0 Å². The summed E-state index contributed by atoms with van der Waals surface area (Å²) in [6.45, 7) is 14.6. The minimum absolute atomic E-state index is 0.0377. The van der Waals surface area contributed by atoms with Crippen LogP contribution in [-0.2, 0) is 35.2 Å². The zero-order valence-electron chi connectivity index (χ0n) is 22.5. The number of nitrogens with one attached hydrogen (secondary N) is 1. The number of carbonyl (C=O) groups excluding carboxylic acids is 3. The molecule has 3 atom stereocenters. The lowest BCUT2D eigenvalue weighted by Crippen LogP contribution is -2.45. The molecule has 1 rings (SSSR count). The van der Waals surface area contributed by atoms with E-state index in [4.69, 9.17) is 14.2 Å². The quantitative estimate of drug-likeness (QED) is 0.246. The van der Waals surface area contributed by atoms with Gasteiger partial charge in [0.2, 0.25) is 5.91 Å². The van der Waals surface area contributed by atoms with Crippen LogP contribution in [0.25, 0.3) is 0 Å². The topological polar surface area (TPSA) is 90.9 Å². The second-order valence-corrected chi connectivity index (χ2v) is 9.77. The molecule has 198 valence electrons. The second-order valence-electron chi connectivity index (χ2n) is 9.77. The van der Waals surface area contributed by atoms with Gasteiger partial charge in [-0.15, -0.1) is 0 Å². The SMILES string of the molecule is CCOC(OCC)C(CC(=O)[C@H](C)NC(=O)[C@@H](CC(=O)OCc1ccccc1)C(C)C)CC(C)C. The van der Waals surface area contributed by atoms with Gasteiger partial charge >= 0.3 is 5.97 Å². The average Bonchev–Trinajstić information content (AvgIpc) is 2.80. The van der Waals surface area contributed by atoms with Gasteiger partial charge < -0.3 is 19.5 Å². The molecule has 0 aliphatic carbocycles. The number of rotatable bonds is 17. The number of hydrogen-bond acceptors (Lipinski definition) is 6. The van der Waals surface area contributed by atoms with E-state index in [1.807, 2.05) is 58.0 Å². The highest BCUT2D eigenvalue weighted by molar-refractivity contribution is 5.91. The maximum Gasteiger partial charge on any atom is 0.306 e. The summed E-state index contributed by atoms with van der Waals surface area (Å²) in [4.78, 5) is 38.4. The van der Waals surface area contributed by atoms with Crippen LogP contribution in [0.3, 0.4) is 0 Å². The van der Waals surface area contributed by atoms with Gasteiger partial charge in [0.1, 0.15) is 6.61 Å². The van der Waals surface area contributed by atoms with Gasteiger partial charge in [-0.2, -0.15) is 0 Å². The lowest BCUT2D eigenvalue weighted by molar-refractivity contribution is -0.173. The third-order valence-corrected chi connectivity index (χ3v) is 5.90. The Hall–Kier alpha value is -2.25. The molecule has 0 spiro atoms. The summed E-state index contributed by atoms with van der Waals surface area (Å²) >= 11 is 0. The highest BCUT2D eigenvalue weighted by atomic mass is 16.7. The molecule has 35 heavy (non-hydrogen) atoms. The largest absolute Gasteiger partial charge is 0.461 e. The minimum Gasteiger partial charge on any atom is -0.461 e. The Labute approximate surface area is 211 Å². The summed E-state index contributed by atoms with van der Waals surface area (Å²) in [5.74, 6) is -1.24. The first kappa shape index (κ1) is 30.8. The van der Waals surface area contributed by atoms with Crippen molar-refractivity contribution >= 4 is 17.7 Å². The van der Waals surface area contributed by atoms with E-state index in [-0.39, 0.29) is 43.0 Å². The van der Waals surface area contributed by atoms with Gasteiger partial charge in [0, 0.05) is 25.6 Å².